The third-order valence-electron chi connectivity index (χ3n) is 2.38. The van der Waals surface area contributed by atoms with Crippen molar-refractivity contribution in [1.82, 2.24) is 5.32 Å². The zero-order valence-electron chi connectivity index (χ0n) is 10.2. The van der Waals surface area contributed by atoms with E-state index in [9.17, 15) is 9.18 Å². The Morgan fingerprint density at radius 2 is 2.18 bits per heavy atom. The first-order valence-corrected chi connectivity index (χ1v) is 5.76. The Labute approximate surface area is 101 Å². The fraction of sp³-hybridized carbons (Fsp3) is 0.462. The van der Waals surface area contributed by atoms with Crippen LogP contribution in [0.15, 0.2) is 24.3 Å². The topological polar surface area (TPSA) is 38.3 Å². The molecule has 0 aliphatic carbocycles. The minimum absolute atomic E-state index is 0.0244. The van der Waals surface area contributed by atoms with Gasteiger partial charge in [-0.05, 0) is 31.9 Å². The summed E-state index contributed by atoms with van der Waals surface area (Å²) in [7, 11) is 0. The van der Waals surface area contributed by atoms with Gasteiger partial charge in [0.05, 0.1) is 13.2 Å². The minimum atomic E-state index is -0.284. The van der Waals surface area contributed by atoms with Crippen molar-refractivity contribution in [3.05, 3.63) is 35.6 Å². The van der Waals surface area contributed by atoms with Gasteiger partial charge in [-0.2, -0.15) is 0 Å². The van der Waals surface area contributed by atoms with Gasteiger partial charge in [0, 0.05) is 6.04 Å². The number of benzene rings is 1. The van der Waals surface area contributed by atoms with E-state index in [2.05, 4.69) is 5.32 Å². The zero-order chi connectivity index (χ0) is 12.7. The molecule has 0 amide bonds. The normalized spacial score (nSPS) is 12.2. The van der Waals surface area contributed by atoms with Crippen molar-refractivity contribution in [3.63, 3.8) is 0 Å². The molecular formula is C13H18FNO2. The van der Waals surface area contributed by atoms with Gasteiger partial charge in [0.15, 0.2) is 0 Å². The van der Waals surface area contributed by atoms with Crippen molar-refractivity contribution >= 4 is 5.97 Å². The van der Waals surface area contributed by atoms with Gasteiger partial charge in [0.2, 0.25) is 0 Å². The first kappa shape index (κ1) is 13.6. The Bertz CT molecular complexity index is 368. The van der Waals surface area contributed by atoms with Crippen molar-refractivity contribution in [2.75, 3.05) is 13.2 Å². The molecule has 1 aromatic rings. The summed E-state index contributed by atoms with van der Waals surface area (Å²) in [5.74, 6) is -0.495. The van der Waals surface area contributed by atoms with Gasteiger partial charge >= 0.3 is 5.97 Å². The number of ether oxygens (including phenoxy) is 1. The highest BCUT2D eigenvalue weighted by Crippen LogP contribution is 2.08. The maximum absolute atomic E-state index is 13.4. The standard InChI is InChI=1S/C13H18FNO2/c1-3-17-13(16)9-15-10(2)8-11-6-4-5-7-12(11)14/h4-7,10,15H,3,8-9H2,1-2H3. The fourth-order valence-electron chi connectivity index (χ4n) is 1.54. The Hall–Kier alpha value is -1.42. The highest BCUT2D eigenvalue weighted by atomic mass is 19.1. The van der Waals surface area contributed by atoms with Gasteiger partial charge in [-0.25, -0.2) is 4.39 Å². The maximum atomic E-state index is 13.4. The number of nitrogens with one attached hydrogen (secondary N) is 1. The molecule has 0 saturated heterocycles. The summed E-state index contributed by atoms with van der Waals surface area (Å²) in [5, 5.41) is 3.00. The van der Waals surface area contributed by atoms with E-state index >= 15 is 0 Å². The monoisotopic (exact) mass is 239 g/mol. The number of hydrogen-bond acceptors (Lipinski definition) is 3. The van der Waals surface area contributed by atoms with Gasteiger partial charge in [-0.1, -0.05) is 18.2 Å². The quantitative estimate of drug-likeness (QED) is 0.771. The van der Waals surface area contributed by atoms with Crippen molar-refractivity contribution in [2.45, 2.75) is 26.3 Å². The van der Waals surface area contributed by atoms with E-state index in [0.29, 0.717) is 18.6 Å². The third kappa shape index (κ3) is 4.95. The van der Waals surface area contributed by atoms with E-state index in [4.69, 9.17) is 4.74 Å². The Morgan fingerprint density at radius 1 is 1.47 bits per heavy atom. The van der Waals surface area contributed by atoms with Crippen LogP contribution in [0.4, 0.5) is 4.39 Å². The molecule has 0 bridgehead atoms. The molecule has 1 aromatic carbocycles. The van der Waals surface area contributed by atoms with Crippen LogP contribution in [0.3, 0.4) is 0 Å². The SMILES string of the molecule is CCOC(=O)CNC(C)Cc1ccccc1F. The summed E-state index contributed by atoms with van der Waals surface area (Å²) >= 11 is 0. The summed E-state index contributed by atoms with van der Waals surface area (Å²) in [4.78, 5) is 11.1. The molecule has 0 saturated carbocycles. The number of rotatable bonds is 6. The van der Waals surface area contributed by atoms with E-state index in [0.717, 1.165) is 0 Å². The molecular weight excluding hydrogens is 221 g/mol. The predicted octanol–water partition coefficient (Wildman–Crippen LogP) is 1.91. The molecule has 3 nitrogen and oxygen atoms in total. The van der Waals surface area contributed by atoms with Gasteiger partial charge in [-0.3, -0.25) is 4.79 Å². The average Bonchev–Trinajstić information content (AvgIpc) is 2.30. The number of esters is 1. The molecule has 94 valence electrons. The smallest absolute Gasteiger partial charge is 0.319 e. The van der Waals surface area contributed by atoms with E-state index in [1.165, 1.54) is 6.07 Å². The van der Waals surface area contributed by atoms with E-state index < -0.39 is 0 Å². The molecule has 0 spiro atoms. The van der Waals surface area contributed by atoms with Gasteiger partial charge < -0.3 is 10.1 Å². The van der Waals surface area contributed by atoms with Crippen LogP contribution < -0.4 is 5.32 Å². The summed E-state index contributed by atoms with van der Waals surface area (Å²) in [6.45, 7) is 4.21. The Morgan fingerprint density at radius 3 is 2.82 bits per heavy atom. The molecule has 1 rings (SSSR count). The summed E-state index contributed by atoms with van der Waals surface area (Å²) in [5.41, 5.74) is 0.649. The van der Waals surface area contributed by atoms with Crippen LogP contribution in [0.1, 0.15) is 19.4 Å². The highest BCUT2D eigenvalue weighted by Gasteiger charge is 2.09. The second-order valence-corrected chi connectivity index (χ2v) is 3.88. The zero-order valence-corrected chi connectivity index (χ0v) is 10.2. The Kier molecular flexibility index (Phi) is 5.63. The van der Waals surface area contributed by atoms with E-state index in [1.54, 1.807) is 25.1 Å². The number of carbonyl (C=O) groups excluding carboxylic acids is 1. The van der Waals surface area contributed by atoms with Crippen LogP contribution in [-0.2, 0) is 16.0 Å². The van der Waals surface area contributed by atoms with Crippen LogP contribution in [0.5, 0.6) is 0 Å². The molecule has 0 aliphatic rings. The number of hydrogen-bond donors (Lipinski definition) is 1. The minimum Gasteiger partial charge on any atom is -0.465 e. The fourth-order valence-corrected chi connectivity index (χ4v) is 1.54. The van der Waals surface area contributed by atoms with Crippen LogP contribution in [0.25, 0.3) is 0 Å². The first-order chi connectivity index (χ1) is 8.13. The van der Waals surface area contributed by atoms with Gasteiger partial charge in [0.1, 0.15) is 5.82 Å². The van der Waals surface area contributed by atoms with Crippen molar-refractivity contribution in [1.29, 1.82) is 0 Å². The van der Waals surface area contributed by atoms with Crippen LogP contribution in [-0.4, -0.2) is 25.2 Å². The highest BCUT2D eigenvalue weighted by molar-refractivity contribution is 5.71. The van der Waals surface area contributed by atoms with Gasteiger partial charge in [0.25, 0.3) is 0 Å². The molecule has 17 heavy (non-hydrogen) atoms. The molecule has 0 fully saturated rings. The van der Waals surface area contributed by atoms with Crippen molar-refractivity contribution < 1.29 is 13.9 Å². The van der Waals surface area contributed by atoms with Crippen molar-refractivity contribution in [2.24, 2.45) is 0 Å². The molecule has 4 heteroatoms. The lowest BCUT2D eigenvalue weighted by molar-refractivity contribution is -0.142. The molecule has 0 radical (unpaired) electrons. The molecule has 0 aliphatic heterocycles. The molecule has 1 unspecified atom stereocenters. The molecule has 1 atom stereocenters. The second kappa shape index (κ2) is 7.01. The third-order valence-corrected chi connectivity index (χ3v) is 2.38. The summed E-state index contributed by atoms with van der Waals surface area (Å²) in [6.07, 6.45) is 0.548. The lowest BCUT2D eigenvalue weighted by Gasteiger charge is -2.13. The molecule has 0 aromatic heterocycles. The largest absolute Gasteiger partial charge is 0.465 e. The van der Waals surface area contributed by atoms with Crippen molar-refractivity contribution in [3.8, 4) is 0 Å². The Balaban J connectivity index is 2.37. The molecule has 1 N–H and O–H groups in total. The maximum Gasteiger partial charge on any atom is 0.319 e. The first-order valence-electron chi connectivity index (χ1n) is 5.76. The predicted molar refractivity (Wildman–Crippen MR) is 64.2 cm³/mol. The van der Waals surface area contributed by atoms with E-state index in [-0.39, 0.29) is 24.4 Å². The second-order valence-electron chi connectivity index (χ2n) is 3.88. The number of halogens is 1. The van der Waals surface area contributed by atoms with Crippen LogP contribution in [0, 0.1) is 5.82 Å². The number of carbonyl (C=O) groups is 1. The van der Waals surface area contributed by atoms with Crippen LogP contribution in [0.2, 0.25) is 0 Å². The lowest BCUT2D eigenvalue weighted by Crippen LogP contribution is -2.34. The van der Waals surface area contributed by atoms with Crippen LogP contribution >= 0.6 is 0 Å². The lowest BCUT2D eigenvalue weighted by atomic mass is 10.1. The molecule has 0 heterocycles. The van der Waals surface area contributed by atoms with E-state index in [1.807, 2.05) is 6.92 Å². The summed E-state index contributed by atoms with van der Waals surface area (Å²) < 4.78 is 18.1. The van der Waals surface area contributed by atoms with Gasteiger partial charge in [-0.15, -0.1) is 0 Å². The summed E-state index contributed by atoms with van der Waals surface area (Å²) in [6, 6.07) is 6.67. The average molecular weight is 239 g/mol.